The van der Waals surface area contributed by atoms with Gasteiger partial charge in [0.2, 0.25) is 5.91 Å². The lowest BCUT2D eigenvalue weighted by Gasteiger charge is -2.23. The van der Waals surface area contributed by atoms with Crippen molar-refractivity contribution in [1.82, 2.24) is 9.80 Å². The Kier molecular flexibility index (Phi) is 6.95. The Hall–Kier alpha value is -1.14. The van der Waals surface area contributed by atoms with E-state index in [-0.39, 0.29) is 24.7 Å². The van der Waals surface area contributed by atoms with Crippen LogP contribution in [-0.4, -0.2) is 72.7 Å². The van der Waals surface area contributed by atoms with Gasteiger partial charge in [0.1, 0.15) is 6.54 Å². The van der Waals surface area contributed by atoms with Gasteiger partial charge in [-0.25, -0.2) is 0 Å². The smallest absolute Gasteiger partial charge is 0.323 e. The quantitative estimate of drug-likeness (QED) is 0.715. The molecule has 0 spiro atoms. The summed E-state index contributed by atoms with van der Waals surface area (Å²) in [6.45, 7) is 2.92. The number of ether oxygens (including phenoxy) is 1. The van der Waals surface area contributed by atoms with Crippen LogP contribution in [0.15, 0.2) is 0 Å². The second kappa shape index (κ2) is 8.21. The van der Waals surface area contributed by atoms with Gasteiger partial charge in [0.15, 0.2) is 0 Å². The van der Waals surface area contributed by atoms with Crippen LogP contribution in [0.1, 0.15) is 32.6 Å². The minimum Gasteiger partial charge on any atom is -0.480 e. The number of hydrogen-bond acceptors (Lipinski definition) is 4. The van der Waals surface area contributed by atoms with Crippen LogP contribution in [0.5, 0.6) is 0 Å². The van der Waals surface area contributed by atoms with E-state index in [0.717, 1.165) is 12.8 Å². The van der Waals surface area contributed by atoms with Crippen molar-refractivity contribution >= 4 is 11.9 Å². The lowest BCUT2D eigenvalue weighted by Crippen LogP contribution is -2.40. The summed E-state index contributed by atoms with van der Waals surface area (Å²) in [6.07, 6.45) is 3.50. The van der Waals surface area contributed by atoms with Crippen molar-refractivity contribution in [2.75, 3.05) is 33.7 Å². The van der Waals surface area contributed by atoms with E-state index in [1.807, 2.05) is 25.9 Å². The summed E-state index contributed by atoms with van der Waals surface area (Å²) in [5.74, 6) is -1.07. The van der Waals surface area contributed by atoms with Crippen LogP contribution in [0.2, 0.25) is 0 Å². The van der Waals surface area contributed by atoms with Gasteiger partial charge in [0, 0.05) is 19.5 Å². The molecule has 1 N–H and O–H groups in total. The summed E-state index contributed by atoms with van der Waals surface area (Å²) in [4.78, 5) is 26.3. The summed E-state index contributed by atoms with van der Waals surface area (Å²) in [7, 11) is 3.80. The number of carbonyl (C=O) groups is 2. The van der Waals surface area contributed by atoms with Gasteiger partial charge in [0.05, 0.1) is 12.2 Å². The van der Waals surface area contributed by atoms with Crippen LogP contribution in [0.25, 0.3) is 0 Å². The highest BCUT2D eigenvalue weighted by Gasteiger charge is 2.24. The molecule has 0 aromatic heterocycles. The van der Waals surface area contributed by atoms with Gasteiger partial charge in [-0.3, -0.25) is 9.59 Å². The van der Waals surface area contributed by atoms with Crippen molar-refractivity contribution in [2.45, 2.75) is 44.8 Å². The number of rotatable bonds is 8. The maximum Gasteiger partial charge on any atom is 0.323 e. The fraction of sp³-hybridized carbons (Fsp3) is 0.857. The lowest BCUT2D eigenvalue weighted by atomic mass is 10.1. The largest absolute Gasteiger partial charge is 0.480 e. The molecule has 6 nitrogen and oxygen atoms in total. The Labute approximate surface area is 120 Å². The second-order valence-electron chi connectivity index (χ2n) is 5.70. The Morgan fingerprint density at radius 3 is 2.45 bits per heavy atom. The summed E-state index contributed by atoms with van der Waals surface area (Å²) in [5.41, 5.74) is 0. The van der Waals surface area contributed by atoms with E-state index < -0.39 is 5.97 Å². The standard InChI is InChI=1S/C14H26N2O4/c1-11-4-5-12(20-11)6-7-13(17)16(10-14(18)19)9-8-15(2)3/h11-12H,4-10H2,1-3H3,(H,18,19). The number of carboxylic acids is 1. The van der Waals surface area contributed by atoms with Gasteiger partial charge in [-0.2, -0.15) is 0 Å². The molecule has 1 heterocycles. The third kappa shape index (κ3) is 6.34. The van der Waals surface area contributed by atoms with Gasteiger partial charge >= 0.3 is 5.97 Å². The molecular formula is C14H26N2O4. The van der Waals surface area contributed by atoms with Crippen LogP contribution < -0.4 is 0 Å². The third-order valence-electron chi connectivity index (χ3n) is 3.50. The van der Waals surface area contributed by atoms with Crippen molar-refractivity contribution in [2.24, 2.45) is 0 Å². The van der Waals surface area contributed by atoms with Crippen molar-refractivity contribution in [3.8, 4) is 0 Å². The highest BCUT2D eigenvalue weighted by atomic mass is 16.5. The summed E-state index contributed by atoms with van der Waals surface area (Å²) in [6, 6.07) is 0. The zero-order chi connectivity index (χ0) is 15.1. The van der Waals surface area contributed by atoms with Crippen molar-refractivity contribution in [3.63, 3.8) is 0 Å². The molecule has 1 fully saturated rings. The van der Waals surface area contributed by atoms with E-state index in [0.29, 0.717) is 25.9 Å². The van der Waals surface area contributed by atoms with Crippen LogP contribution >= 0.6 is 0 Å². The van der Waals surface area contributed by atoms with Crippen molar-refractivity contribution in [1.29, 1.82) is 0 Å². The predicted molar refractivity (Wildman–Crippen MR) is 75.6 cm³/mol. The topological polar surface area (TPSA) is 70.1 Å². The van der Waals surface area contributed by atoms with E-state index in [1.54, 1.807) is 0 Å². The monoisotopic (exact) mass is 286 g/mol. The van der Waals surface area contributed by atoms with Gasteiger partial charge in [-0.1, -0.05) is 0 Å². The number of hydrogen-bond donors (Lipinski definition) is 1. The van der Waals surface area contributed by atoms with Crippen molar-refractivity contribution in [3.05, 3.63) is 0 Å². The molecular weight excluding hydrogens is 260 g/mol. The van der Waals surface area contributed by atoms with Crippen LogP contribution in [0.4, 0.5) is 0 Å². The molecule has 0 aromatic carbocycles. The molecule has 1 rings (SSSR count). The van der Waals surface area contributed by atoms with Crippen LogP contribution in [-0.2, 0) is 14.3 Å². The first-order chi connectivity index (χ1) is 9.38. The first-order valence-corrected chi connectivity index (χ1v) is 7.18. The number of likely N-dealkylation sites (N-methyl/N-ethyl adjacent to an activating group) is 1. The SMILES string of the molecule is CC1CCC(CCC(=O)N(CCN(C)C)CC(=O)O)O1. The first kappa shape index (κ1) is 16.9. The van der Waals surface area contributed by atoms with Gasteiger partial charge < -0.3 is 19.6 Å². The lowest BCUT2D eigenvalue weighted by molar-refractivity contribution is -0.144. The van der Waals surface area contributed by atoms with E-state index in [4.69, 9.17) is 9.84 Å². The number of amides is 1. The molecule has 6 heteroatoms. The highest BCUT2D eigenvalue weighted by Crippen LogP contribution is 2.22. The molecule has 116 valence electrons. The average Bonchev–Trinajstić information content (AvgIpc) is 2.76. The molecule has 2 unspecified atom stereocenters. The molecule has 2 atom stereocenters. The summed E-state index contributed by atoms with van der Waals surface area (Å²) >= 11 is 0. The number of aliphatic carboxylic acids is 1. The number of carboxylic acid groups (broad SMARTS) is 1. The Bertz CT molecular complexity index is 333. The Morgan fingerprint density at radius 2 is 1.95 bits per heavy atom. The molecule has 1 saturated heterocycles. The van der Waals surface area contributed by atoms with Gasteiger partial charge in [0.25, 0.3) is 0 Å². The Morgan fingerprint density at radius 1 is 1.25 bits per heavy atom. The normalized spacial score (nSPS) is 22.2. The second-order valence-corrected chi connectivity index (χ2v) is 5.70. The average molecular weight is 286 g/mol. The summed E-state index contributed by atoms with van der Waals surface area (Å²) < 4.78 is 5.68. The maximum absolute atomic E-state index is 12.1. The van der Waals surface area contributed by atoms with Crippen LogP contribution in [0, 0.1) is 0 Å². The maximum atomic E-state index is 12.1. The van der Waals surface area contributed by atoms with Gasteiger partial charge in [-0.15, -0.1) is 0 Å². The number of nitrogens with zero attached hydrogens (tertiary/aromatic N) is 2. The molecule has 0 aromatic rings. The minimum absolute atomic E-state index is 0.0996. The molecule has 0 aliphatic carbocycles. The van der Waals surface area contributed by atoms with Gasteiger partial charge in [-0.05, 0) is 40.3 Å². The predicted octanol–water partition coefficient (Wildman–Crippen LogP) is 0.809. The molecule has 0 bridgehead atoms. The fourth-order valence-electron chi connectivity index (χ4n) is 2.32. The molecule has 0 radical (unpaired) electrons. The van der Waals surface area contributed by atoms with Crippen molar-refractivity contribution < 1.29 is 19.4 Å². The highest BCUT2D eigenvalue weighted by molar-refractivity contribution is 5.81. The molecule has 0 saturated carbocycles. The molecule has 20 heavy (non-hydrogen) atoms. The van der Waals surface area contributed by atoms with E-state index in [2.05, 4.69) is 0 Å². The van der Waals surface area contributed by atoms with Crippen LogP contribution in [0.3, 0.4) is 0 Å². The molecule has 1 aliphatic heterocycles. The van der Waals surface area contributed by atoms with E-state index >= 15 is 0 Å². The first-order valence-electron chi connectivity index (χ1n) is 7.18. The fourth-order valence-corrected chi connectivity index (χ4v) is 2.32. The zero-order valence-electron chi connectivity index (χ0n) is 12.7. The van der Waals surface area contributed by atoms with E-state index in [9.17, 15) is 9.59 Å². The minimum atomic E-state index is -0.970. The van der Waals surface area contributed by atoms with E-state index in [1.165, 1.54) is 4.90 Å². The summed E-state index contributed by atoms with van der Waals surface area (Å²) in [5, 5.41) is 8.88. The molecule has 1 amide bonds. The number of carbonyl (C=O) groups excluding carboxylic acids is 1. The zero-order valence-corrected chi connectivity index (χ0v) is 12.7. The molecule has 1 aliphatic rings. The third-order valence-corrected chi connectivity index (χ3v) is 3.50. The Balaban J connectivity index is 2.39.